The summed E-state index contributed by atoms with van der Waals surface area (Å²) in [6, 6.07) is 8.62. The molecular weight excluding hydrogens is 610 g/mol. The first-order valence-corrected chi connectivity index (χ1v) is 18.8. The third-order valence-corrected chi connectivity index (χ3v) is 12.0. The van der Waals surface area contributed by atoms with Gasteiger partial charge in [-0.1, -0.05) is 32.6 Å². The summed E-state index contributed by atoms with van der Waals surface area (Å²) in [6.07, 6.45) is 14.1. The summed E-state index contributed by atoms with van der Waals surface area (Å²) in [7, 11) is -4.50. The molecule has 2 aliphatic carbocycles. The molecule has 2 saturated heterocycles. The van der Waals surface area contributed by atoms with E-state index in [1.54, 1.807) is 17.0 Å². The van der Waals surface area contributed by atoms with Crippen LogP contribution < -0.4 is 14.2 Å². The van der Waals surface area contributed by atoms with Gasteiger partial charge in [0.15, 0.2) is 6.04 Å². The number of nitrogens with one attached hydrogen (secondary N) is 1. The van der Waals surface area contributed by atoms with Crippen molar-refractivity contribution in [1.82, 2.24) is 9.62 Å². The van der Waals surface area contributed by atoms with Crippen LogP contribution in [0, 0.1) is 11.8 Å². The summed E-state index contributed by atoms with van der Waals surface area (Å²) in [5.41, 5.74) is -0.436. The molecule has 1 amide bonds. The van der Waals surface area contributed by atoms with Gasteiger partial charge in [0.1, 0.15) is 11.5 Å². The standard InChI is InChI=1S/C36H48F2N2O5S/c1-25-22-28-14-15-29(23-25)40(28)35(41)34(36(37,38)27-12-16-32(17-13-27)45-31-10-6-3-7-11-31)39-46(42,43)33-20-18-30(19-21-33)44-24-26-8-4-2-5-9-26/h12-13,16-21,25-26,28-29,31,34,39H,2-11,14-15,22-24H2,1H3. The second-order valence-electron chi connectivity index (χ2n) is 14.1. The zero-order chi connectivity index (χ0) is 32.3. The second kappa shape index (κ2) is 14.2. The van der Waals surface area contributed by atoms with Gasteiger partial charge in [-0.05, 0) is 125 Å². The second-order valence-corrected chi connectivity index (χ2v) is 15.8. The van der Waals surface area contributed by atoms with Crippen LogP contribution in [0.15, 0.2) is 53.4 Å². The number of benzene rings is 2. The number of fused-ring (bicyclic) bond motifs is 2. The normalized spacial score (nSPS) is 25.3. The Kier molecular flexibility index (Phi) is 10.2. The number of alkyl halides is 2. The van der Waals surface area contributed by atoms with E-state index in [1.807, 2.05) is 0 Å². The SMILES string of the molecule is CC1CC2CCC(C1)N2C(=O)C(NS(=O)(=O)c1ccc(OCC2CCCCC2)cc1)C(F)(F)c1ccc(OC2CCCCC2)cc1. The van der Waals surface area contributed by atoms with E-state index >= 15 is 8.78 Å². The zero-order valence-electron chi connectivity index (χ0n) is 26.8. The fourth-order valence-corrected chi connectivity index (χ4v) is 9.23. The highest BCUT2D eigenvalue weighted by molar-refractivity contribution is 7.89. The van der Waals surface area contributed by atoms with Crippen molar-refractivity contribution >= 4 is 15.9 Å². The minimum absolute atomic E-state index is 0.0577. The van der Waals surface area contributed by atoms with E-state index in [0.29, 0.717) is 29.9 Å². The molecule has 2 aromatic carbocycles. The number of halogens is 2. The number of piperidine rings is 1. The molecule has 2 heterocycles. The largest absolute Gasteiger partial charge is 0.493 e. The van der Waals surface area contributed by atoms with E-state index in [4.69, 9.17) is 9.47 Å². The lowest BCUT2D eigenvalue weighted by molar-refractivity contribution is -0.149. The van der Waals surface area contributed by atoms with E-state index in [0.717, 1.165) is 64.2 Å². The Hall–Kier alpha value is -2.72. The maximum absolute atomic E-state index is 16.5. The molecule has 2 bridgehead atoms. The Morgan fingerprint density at radius 3 is 2.02 bits per heavy atom. The van der Waals surface area contributed by atoms with E-state index in [9.17, 15) is 13.2 Å². The molecule has 0 spiro atoms. The molecule has 7 nitrogen and oxygen atoms in total. The number of rotatable bonds is 11. The quantitative estimate of drug-likeness (QED) is 0.269. The maximum Gasteiger partial charge on any atom is 0.298 e. The van der Waals surface area contributed by atoms with Crippen molar-refractivity contribution in [2.45, 2.75) is 132 Å². The third kappa shape index (κ3) is 7.53. The van der Waals surface area contributed by atoms with Gasteiger partial charge in [0.05, 0.1) is 17.6 Å². The monoisotopic (exact) mass is 658 g/mol. The molecule has 4 fully saturated rings. The highest BCUT2D eigenvalue weighted by Crippen LogP contribution is 2.42. The van der Waals surface area contributed by atoms with E-state index in [-0.39, 0.29) is 23.1 Å². The minimum atomic E-state index is -4.50. The zero-order valence-corrected chi connectivity index (χ0v) is 27.7. The van der Waals surface area contributed by atoms with Crippen molar-refractivity contribution in [1.29, 1.82) is 0 Å². The Morgan fingerprint density at radius 1 is 0.848 bits per heavy atom. The van der Waals surface area contributed by atoms with Crippen molar-refractivity contribution in [3.05, 3.63) is 54.1 Å². The molecule has 2 aliphatic heterocycles. The minimum Gasteiger partial charge on any atom is -0.493 e. The first-order valence-electron chi connectivity index (χ1n) is 17.3. The van der Waals surface area contributed by atoms with Crippen molar-refractivity contribution in [2.24, 2.45) is 11.8 Å². The van der Waals surface area contributed by atoms with Gasteiger partial charge in [0, 0.05) is 17.6 Å². The van der Waals surface area contributed by atoms with Crippen LogP contribution in [-0.4, -0.2) is 50.1 Å². The molecule has 0 radical (unpaired) electrons. The Labute approximate surface area is 272 Å². The molecule has 2 aromatic rings. The van der Waals surface area contributed by atoms with Gasteiger partial charge in [0.25, 0.3) is 5.92 Å². The molecule has 252 valence electrons. The number of amides is 1. The summed E-state index contributed by atoms with van der Waals surface area (Å²) < 4.78 is 74.5. The maximum atomic E-state index is 16.5. The van der Waals surface area contributed by atoms with Crippen LogP contribution in [0.2, 0.25) is 0 Å². The number of nitrogens with zero attached hydrogens (tertiary/aromatic N) is 1. The van der Waals surface area contributed by atoms with Gasteiger partial charge in [-0.2, -0.15) is 13.5 Å². The smallest absolute Gasteiger partial charge is 0.298 e. The summed E-state index contributed by atoms with van der Waals surface area (Å²) in [6.45, 7) is 2.68. The van der Waals surface area contributed by atoms with Gasteiger partial charge in [0.2, 0.25) is 15.9 Å². The summed E-state index contributed by atoms with van der Waals surface area (Å²) in [4.78, 5) is 15.4. The van der Waals surface area contributed by atoms with Gasteiger partial charge in [-0.3, -0.25) is 4.79 Å². The van der Waals surface area contributed by atoms with Gasteiger partial charge < -0.3 is 14.4 Å². The van der Waals surface area contributed by atoms with Crippen LogP contribution in [0.3, 0.4) is 0 Å². The van der Waals surface area contributed by atoms with E-state index < -0.39 is 33.5 Å². The predicted octanol–water partition coefficient (Wildman–Crippen LogP) is 7.59. The van der Waals surface area contributed by atoms with Crippen LogP contribution in [0.5, 0.6) is 11.5 Å². The number of carbonyl (C=O) groups excluding carboxylic acids is 1. The van der Waals surface area contributed by atoms with Gasteiger partial charge in [-0.25, -0.2) is 8.42 Å². The molecule has 6 rings (SSSR count). The first kappa shape index (κ1) is 33.2. The van der Waals surface area contributed by atoms with Crippen LogP contribution in [0.1, 0.15) is 102 Å². The molecule has 10 heteroatoms. The highest BCUT2D eigenvalue weighted by Gasteiger charge is 2.53. The molecule has 46 heavy (non-hydrogen) atoms. The van der Waals surface area contributed by atoms with Crippen LogP contribution in [-0.2, 0) is 20.7 Å². The Balaban J connectivity index is 1.22. The molecule has 3 unspecified atom stereocenters. The van der Waals surface area contributed by atoms with Gasteiger partial charge in [-0.15, -0.1) is 0 Å². The summed E-state index contributed by atoms with van der Waals surface area (Å²) in [5, 5.41) is 0. The van der Waals surface area contributed by atoms with E-state index in [2.05, 4.69) is 11.6 Å². The van der Waals surface area contributed by atoms with Crippen LogP contribution in [0.4, 0.5) is 8.78 Å². The summed E-state index contributed by atoms with van der Waals surface area (Å²) >= 11 is 0. The molecule has 4 aliphatic rings. The highest BCUT2D eigenvalue weighted by atomic mass is 32.2. The lowest BCUT2D eigenvalue weighted by atomic mass is 9.90. The molecule has 1 N–H and O–H groups in total. The first-order chi connectivity index (χ1) is 22.1. The number of hydrogen-bond donors (Lipinski definition) is 1. The van der Waals surface area contributed by atoms with Crippen molar-refractivity contribution in [3.63, 3.8) is 0 Å². The molecule has 2 saturated carbocycles. The number of hydrogen-bond acceptors (Lipinski definition) is 5. The fourth-order valence-electron chi connectivity index (χ4n) is 8.04. The Morgan fingerprint density at radius 2 is 1.41 bits per heavy atom. The number of ether oxygens (including phenoxy) is 2. The summed E-state index contributed by atoms with van der Waals surface area (Å²) in [5.74, 6) is -2.82. The van der Waals surface area contributed by atoms with E-state index in [1.165, 1.54) is 62.1 Å². The molecular formula is C36H48F2N2O5S. The predicted molar refractivity (Wildman–Crippen MR) is 173 cm³/mol. The third-order valence-electron chi connectivity index (χ3n) is 10.5. The average molecular weight is 659 g/mol. The van der Waals surface area contributed by atoms with Crippen LogP contribution in [0.25, 0.3) is 0 Å². The van der Waals surface area contributed by atoms with Gasteiger partial charge >= 0.3 is 0 Å². The fraction of sp³-hybridized carbons (Fsp3) is 0.639. The van der Waals surface area contributed by atoms with Crippen molar-refractivity contribution in [3.8, 4) is 11.5 Å². The van der Waals surface area contributed by atoms with Crippen molar-refractivity contribution in [2.75, 3.05) is 6.61 Å². The van der Waals surface area contributed by atoms with Crippen molar-refractivity contribution < 1.29 is 31.5 Å². The molecule has 0 aromatic heterocycles. The number of sulfonamides is 1. The van der Waals surface area contributed by atoms with Crippen LogP contribution >= 0.6 is 0 Å². The average Bonchev–Trinajstić information content (AvgIpc) is 3.34. The lowest BCUT2D eigenvalue weighted by Gasteiger charge is -2.41. The molecule has 3 atom stereocenters. The lowest BCUT2D eigenvalue weighted by Crippen LogP contribution is -2.59. The Bertz CT molecular complexity index is 1410. The topological polar surface area (TPSA) is 84.9 Å². The number of carbonyl (C=O) groups is 1.